The molecule has 0 fully saturated rings. The summed E-state index contributed by atoms with van der Waals surface area (Å²) in [5.74, 6) is 0. The van der Waals surface area contributed by atoms with Crippen LogP contribution in [-0.2, 0) is 15.7 Å². The number of hydrogen-bond donors (Lipinski definition) is 2. The topological polar surface area (TPSA) is 79.5 Å². The first-order valence-corrected chi connectivity index (χ1v) is 13.5. The third kappa shape index (κ3) is 4.22. The van der Waals surface area contributed by atoms with Gasteiger partial charge < -0.3 is 14.4 Å². The molecule has 3 rings (SSSR count). The summed E-state index contributed by atoms with van der Waals surface area (Å²) in [6, 6.07) is 10.8. The SMILES string of the molecule is CCCCCCn1c2cc(P(C)(=O)O)ccc2c2ccc(P(C)(=O)O)cc21. The summed E-state index contributed by atoms with van der Waals surface area (Å²) in [5.41, 5.74) is 1.80. The van der Waals surface area contributed by atoms with Crippen molar-refractivity contribution in [1.82, 2.24) is 4.57 Å². The smallest absolute Gasteiger partial charge is 0.226 e. The summed E-state index contributed by atoms with van der Waals surface area (Å²) in [4.78, 5) is 20.0. The number of aryl methyl sites for hydroxylation is 1. The molecule has 0 spiro atoms. The molecule has 0 saturated carbocycles. The lowest BCUT2D eigenvalue weighted by Crippen LogP contribution is -2.06. The van der Waals surface area contributed by atoms with Gasteiger partial charge in [0.1, 0.15) is 0 Å². The molecule has 1 heterocycles. The van der Waals surface area contributed by atoms with Crippen molar-refractivity contribution in [3.05, 3.63) is 36.4 Å². The molecule has 0 aliphatic carbocycles. The summed E-state index contributed by atoms with van der Waals surface area (Å²) in [6.07, 6.45) is 4.41. The standard InChI is InChI=1S/C20H27NO4P2/c1-4-5-6-7-12-21-19-13-15(26(2,22)23)8-10-17(19)18-11-9-16(14-20(18)21)27(3,24)25/h8-11,13-14H,4-7,12H2,1-3H3,(H,22,23)(H,24,25). The van der Waals surface area contributed by atoms with Crippen LogP contribution in [0.5, 0.6) is 0 Å². The van der Waals surface area contributed by atoms with E-state index in [1.54, 1.807) is 24.3 Å². The second-order valence-corrected chi connectivity index (χ2v) is 11.9. The van der Waals surface area contributed by atoms with E-state index >= 15 is 0 Å². The summed E-state index contributed by atoms with van der Waals surface area (Å²) in [5, 5.41) is 2.84. The average molecular weight is 407 g/mol. The maximum Gasteiger partial charge on any atom is 0.226 e. The second kappa shape index (κ2) is 7.56. The first-order valence-electron chi connectivity index (χ1n) is 9.30. The molecule has 0 saturated heterocycles. The van der Waals surface area contributed by atoms with Gasteiger partial charge in [0.25, 0.3) is 0 Å². The number of rotatable bonds is 7. The van der Waals surface area contributed by atoms with Crippen LogP contribution in [0.25, 0.3) is 21.8 Å². The lowest BCUT2D eigenvalue weighted by Gasteiger charge is -2.11. The van der Waals surface area contributed by atoms with Crippen molar-refractivity contribution < 1.29 is 18.9 Å². The fourth-order valence-electron chi connectivity index (χ4n) is 3.53. The highest BCUT2D eigenvalue weighted by Gasteiger charge is 2.20. The molecule has 2 atom stereocenters. The zero-order chi connectivity index (χ0) is 19.8. The predicted octanol–water partition coefficient (Wildman–Crippen LogP) is 4.43. The molecule has 1 aromatic heterocycles. The van der Waals surface area contributed by atoms with Crippen LogP contribution in [-0.4, -0.2) is 27.7 Å². The van der Waals surface area contributed by atoms with E-state index in [1.807, 2.05) is 12.1 Å². The fourth-order valence-corrected chi connectivity index (χ4v) is 4.95. The van der Waals surface area contributed by atoms with Gasteiger partial charge in [0.2, 0.25) is 14.7 Å². The Balaban J connectivity index is 2.23. The Hall–Kier alpha value is -1.38. The van der Waals surface area contributed by atoms with Crippen LogP contribution in [0.15, 0.2) is 36.4 Å². The largest absolute Gasteiger partial charge is 0.341 e. The molecule has 7 heteroatoms. The van der Waals surface area contributed by atoms with Gasteiger partial charge in [0.15, 0.2) is 0 Å². The van der Waals surface area contributed by atoms with Crippen molar-refractivity contribution in [2.24, 2.45) is 0 Å². The van der Waals surface area contributed by atoms with Crippen molar-refractivity contribution in [2.75, 3.05) is 13.3 Å². The fraction of sp³-hybridized carbons (Fsp3) is 0.400. The molecule has 0 aliphatic rings. The van der Waals surface area contributed by atoms with E-state index in [0.717, 1.165) is 54.0 Å². The Morgan fingerprint density at radius 2 is 1.30 bits per heavy atom. The summed E-state index contributed by atoms with van der Waals surface area (Å²) in [7, 11) is -6.71. The molecule has 27 heavy (non-hydrogen) atoms. The van der Waals surface area contributed by atoms with Crippen LogP contribution in [0.1, 0.15) is 32.6 Å². The van der Waals surface area contributed by atoms with E-state index in [4.69, 9.17) is 0 Å². The highest BCUT2D eigenvalue weighted by Crippen LogP contribution is 2.39. The number of aromatic nitrogens is 1. The molecule has 146 valence electrons. The second-order valence-electron chi connectivity index (χ2n) is 7.37. The minimum Gasteiger partial charge on any atom is -0.341 e. The van der Waals surface area contributed by atoms with E-state index in [9.17, 15) is 18.9 Å². The molecular weight excluding hydrogens is 380 g/mol. The maximum atomic E-state index is 12.1. The number of benzene rings is 2. The molecule has 0 radical (unpaired) electrons. The normalized spacial score (nSPS) is 16.5. The third-order valence-corrected chi connectivity index (χ3v) is 7.50. The van der Waals surface area contributed by atoms with Crippen LogP contribution in [0.3, 0.4) is 0 Å². The van der Waals surface area contributed by atoms with Crippen LogP contribution < -0.4 is 10.6 Å². The van der Waals surface area contributed by atoms with Gasteiger partial charge in [-0.3, -0.25) is 9.13 Å². The van der Waals surface area contributed by atoms with Crippen molar-refractivity contribution in [1.29, 1.82) is 0 Å². The molecule has 0 bridgehead atoms. The van der Waals surface area contributed by atoms with Crippen LogP contribution in [0.4, 0.5) is 0 Å². The first kappa shape index (κ1) is 20.4. The van der Waals surface area contributed by atoms with Crippen LogP contribution in [0.2, 0.25) is 0 Å². The Morgan fingerprint density at radius 3 is 1.70 bits per heavy atom. The maximum absolute atomic E-state index is 12.1. The number of nitrogens with zero attached hydrogens (tertiary/aromatic N) is 1. The highest BCUT2D eigenvalue weighted by atomic mass is 31.2. The molecule has 5 nitrogen and oxygen atoms in total. The predicted molar refractivity (Wildman–Crippen MR) is 114 cm³/mol. The monoisotopic (exact) mass is 407 g/mol. The first-order chi connectivity index (χ1) is 12.6. The number of hydrogen-bond acceptors (Lipinski definition) is 2. The van der Waals surface area contributed by atoms with Crippen molar-refractivity contribution in [2.45, 2.75) is 39.2 Å². The Labute approximate surface area is 159 Å². The quantitative estimate of drug-likeness (QED) is 0.449. The lowest BCUT2D eigenvalue weighted by atomic mass is 10.1. The molecule has 2 aromatic carbocycles. The molecule has 0 aliphatic heterocycles. The molecule has 3 aromatic rings. The minimum atomic E-state index is -3.36. The van der Waals surface area contributed by atoms with Gasteiger partial charge in [-0.05, 0) is 30.7 Å². The van der Waals surface area contributed by atoms with E-state index in [0.29, 0.717) is 10.6 Å². The average Bonchev–Trinajstić information content (AvgIpc) is 2.90. The zero-order valence-corrected chi connectivity index (χ0v) is 17.8. The molecule has 2 unspecified atom stereocenters. The van der Waals surface area contributed by atoms with Gasteiger partial charge in [-0.15, -0.1) is 0 Å². The van der Waals surface area contributed by atoms with Crippen LogP contribution >= 0.6 is 14.7 Å². The Kier molecular flexibility index (Phi) is 5.70. The van der Waals surface area contributed by atoms with Gasteiger partial charge in [-0.2, -0.15) is 0 Å². The third-order valence-electron chi connectivity index (χ3n) is 5.03. The van der Waals surface area contributed by atoms with Crippen molar-refractivity contribution in [3.8, 4) is 0 Å². The summed E-state index contributed by atoms with van der Waals surface area (Å²) in [6.45, 7) is 5.63. The van der Waals surface area contributed by atoms with Crippen molar-refractivity contribution in [3.63, 3.8) is 0 Å². The van der Waals surface area contributed by atoms with Crippen LogP contribution in [0, 0.1) is 0 Å². The number of unbranched alkanes of at least 4 members (excludes halogenated alkanes) is 3. The number of fused-ring (bicyclic) bond motifs is 3. The summed E-state index contributed by atoms with van der Waals surface area (Å²) < 4.78 is 26.4. The lowest BCUT2D eigenvalue weighted by molar-refractivity contribution is 0.495. The molecule has 0 amide bonds. The van der Waals surface area contributed by atoms with E-state index < -0.39 is 14.7 Å². The van der Waals surface area contributed by atoms with Gasteiger partial charge in [-0.1, -0.05) is 38.3 Å². The Morgan fingerprint density at radius 1 is 0.815 bits per heavy atom. The van der Waals surface area contributed by atoms with Gasteiger partial charge in [0.05, 0.1) is 0 Å². The zero-order valence-electron chi connectivity index (χ0n) is 16.1. The molecule has 2 N–H and O–H groups in total. The van der Waals surface area contributed by atoms with Crippen molar-refractivity contribution >= 4 is 47.2 Å². The van der Waals surface area contributed by atoms with E-state index in [2.05, 4.69) is 11.5 Å². The summed E-state index contributed by atoms with van der Waals surface area (Å²) >= 11 is 0. The van der Waals surface area contributed by atoms with E-state index in [-0.39, 0.29) is 0 Å². The van der Waals surface area contributed by atoms with Gasteiger partial charge >= 0.3 is 0 Å². The molecular formula is C20H27NO4P2. The Bertz CT molecular complexity index is 995. The van der Waals surface area contributed by atoms with Gasteiger partial charge in [0, 0.05) is 52.3 Å². The van der Waals surface area contributed by atoms with E-state index in [1.165, 1.54) is 13.3 Å². The highest BCUT2D eigenvalue weighted by molar-refractivity contribution is 7.65. The van der Waals surface area contributed by atoms with Gasteiger partial charge in [-0.25, -0.2) is 0 Å². The minimum absolute atomic E-state index is 0.427.